The van der Waals surface area contributed by atoms with Crippen LogP contribution in [0.15, 0.2) is 24.3 Å². The smallest absolute Gasteiger partial charge is 0.137 e. The fourth-order valence-electron chi connectivity index (χ4n) is 1.41. The van der Waals surface area contributed by atoms with E-state index in [4.69, 9.17) is 0 Å². The van der Waals surface area contributed by atoms with Crippen molar-refractivity contribution in [2.45, 2.75) is 32.9 Å². The van der Waals surface area contributed by atoms with Gasteiger partial charge < -0.3 is 19.9 Å². The number of carboxylic acid groups (broad SMARTS) is 1. The molecule has 0 aliphatic rings. The van der Waals surface area contributed by atoms with Crippen LogP contribution in [0, 0.1) is 0 Å². The van der Waals surface area contributed by atoms with E-state index in [0.29, 0.717) is 0 Å². The average Bonchev–Trinajstić information content (AvgIpc) is 2.12. The maximum atomic E-state index is 11.0. The van der Waals surface area contributed by atoms with Gasteiger partial charge in [0.15, 0.2) is 0 Å². The zero-order valence-electron chi connectivity index (χ0n) is 9.73. The van der Waals surface area contributed by atoms with Gasteiger partial charge in [-0.3, -0.25) is 0 Å². The minimum absolute atomic E-state index is 0.129. The highest BCUT2D eigenvalue weighted by atomic mass is 16.4. The lowest BCUT2D eigenvalue weighted by Crippen LogP contribution is -2.50. The molecule has 1 aromatic rings. The van der Waals surface area contributed by atoms with Gasteiger partial charge in [0.1, 0.15) is 11.8 Å². The van der Waals surface area contributed by atoms with Gasteiger partial charge in [0.25, 0.3) is 0 Å². The second-order valence-corrected chi connectivity index (χ2v) is 4.69. The van der Waals surface area contributed by atoms with Crippen molar-refractivity contribution in [2.75, 3.05) is 0 Å². The summed E-state index contributed by atoms with van der Waals surface area (Å²) in [5.41, 5.74) is 0.212. The van der Waals surface area contributed by atoms with Gasteiger partial charge in [-0.25, -0.2) is 0 Å². The molecule has 1 aromatic carbocycles. The lowest BCUT2D eigenvalue weighted by molar-refractivity contribution is -0.271. The van der Waals surface area contributed by atoms with E-state index in [-0.39, 0.29) is 12.3 Å². The molecule has 0 aliphatic heterocycles. The molecule has 1 N–H and O–H groups in total. The number of phenols is 1. The number of nitrogens with zero attached hydrogens (tertiary/aromatic N) is 1. The topological polar surface area (TPSA) is 63.6 Å². The lowest BCUT2D eigenvalue weighted by atomic mass is 10.1. The van der Waals surface area contributed by atoms with Gasteiger partial charge in [-0.1, -0.05) is 12.1 Å². The number of amides is 1. The molecule has 0 aromatic heterocycles. The summed E-state index contributed by atoms with van der Waals surface area (Å²) in [6.45, 7) is 5.60. The molecule has 0 aliphatic carbocycles. The van der Waals surface area contributed by atoms with E-state index in [9.17, 15) is 15.0 Å². The summed E-state index contributed by atoms with van der Waals surface area (Å²) >= 11 is 0. The molecule has 1 rings (SSSR count). The monoisotopic (exact) mass is 222 g/mol. The van der Waals surface area contributed by atoms with Gasteiger partial charge in [0.05, 0.1) is 0 Å². The number of carbonyl (C=O) groups excluding carboxylic acids is 1. The van der Waals surface area contributed by atoms with Crippen LogP contribution in [0.4, 0.5) is 4.79 Å². The SMILES string of the molecule is CC(C)(C)N(Cc1cccc(O)c1)C(=O)[O-]. The Hall–Kier alpha value is -1.71. The van der Waals surface area contributed by atoms with Crippen LogP contribution in [0.2, 0.25) is 0 Å². The van der Waals surface area contributed by atoms with Crippen molar-refractivity contribution in [3.05, 3.63) is 29.8 Å². The minimum atomic E-state index is -1.21. The summed E-state index contributed by atoms with van der Waals surface area (Å²) in [6, 6.07) is 6.54. The molecule has 4 heteroatoms. The van der Waals surface area contributed by atoms with Gasteiger partial charge in [0.2, 0.25) is 0 Å². The van der Waals surface area contributed by atoms with Crippen molar-refractivity contribution in [1.82, 2.24) is 4.90 Å². The van der Waals surface area contributed by atoms with Crippen LogP contribution >= 0.6 is 0 Å². The van der Waals surface area contributed by atoms with Crippen molar-refractivity contribution >= 4 is 6.09 Å². The minimum Gasteiger partial charge on any atom is -0.530 e. The molecular weight excluding hydrogens is 206 g/mol. The number of hydrogen-bond donors (Lipinski definition) is 1. The highest BCUT2D eigenvalue weighted by Crippen LogP contribution is 2.19. The summed E-state index contributed by atoms with van der Waals surface area (Å²) in [5.74, 6) is 0.129. The first kappa shape index (κ1) is 12.4. The zero-order chi connectivity index (χ0) is 12.3. The van der Waals surface area contributed by atoms with Gasteiger partial charge in [-0.15, -0.1) is 0 Å². The fraction of sp³-hybridized carbons (Fsp3) is 0.417. The molecule has 0 bridgehead atoms. The van der Waals surface area contributed by atoms with E-state index < -0.39 is 11.6 Å². The number of hydrogen-bond acceptors (Lipinski definition) is 3. The summed E-state index contributed by atoms with van der Waals surface area (Å²) < 4.78 is 0. The Morgan fingerprint density at radius 2 is 2.06 bits per heavy atom. The van der Waals surface area contributed by atoms with Crippen molar-refractivity contribution in [3.63, 3.8) is 0 Å². The van der Waals surface area contributed by atoms with Crippen LogP contribution in [0.5, 0.6) is 5.75 Å². The highest BCUT2D eigenvalue weighted by molar-refractivity contribution is 5.63. The van der Waals surface area contributed by atoms with E-state index in [1.807, 2.05) is 0 Å². The number of benzene rings is 1. The van der Waals surface area contributed by atoms with Crippen LogP contribution in [0.1, 0.15) is 26.3 Å². The normalized spacial score (nSPS) is 11.2. The van der Waals surface area contributed by atoms with Crippen molar-refractivity contribution < 1.29 is 15.0 Å². The van der Waals surface area contributed by atoms with Crippen LogP contribution in [-0.2, 0) is 6.54 Å². The molecule has 0 unspecified atom stereocenters. The van der Waals surface area contributed by atoms with Crippen LogP contribution < -0.4 is 5.11 Å². The lowest BCUT2D eigenvalue weighted by Gasteiger charge is -2.38. The van der Waals surface area contributed by atoms with Crippen molar-refractivity contribution in [3.8, 4) is 5.75 Å². The number of rotatable bonds is 2. The molecule has 0 saturated heterocycles. The van der Waals surface area contributed by atoms with Crippen molar-refractivity contribution in [1.29, 1.82) is 0 Å². The second kappa shape index (κ2) is 4.43. The maximum absolute atomic E-state index is 11.0. The van der Waals surface area contributed by atoms with Gasteiger partial charge in [-0.2, -0.15) is 0 Å². The average molecular weight is 222 g/mol. The first-order valence-electron chi connectivity index (χ1n) is 5.07. The molecular formula is C12H16NO3-. The van der Waals surface area contributed by atoms with E-state index in [1.54, 1.807) is 45.0 Å². The van der Waals surface area contributed by atoms with Crippen molar-refractivity contribution in [2.24, 2.45) is 0 Å². The largest absolute Gasteiger partial charge is 0.530 e. The Balaban J connectivity index is 2.89. The zero-order valence-corrected chi connectivity index (χ0v) is 9.73. The van der Waals surface area contributed by atoms with Crippen LogP contribution in [0.25, 0.3) is 0 Å². The molecule has 4 nitrogen and oxygen atoms in total. The predicted molar refractivity (Wildman–Crippen MR) is 58.8 cm³/mol. The van der Waals surface area contributed by atoms with E-state index in [0.717, 1.165) is 5.56 Å². The van der Waals surface area contributed by atoms with Gasteiger partial charge in [0, 0.05) is 12.1 Å². The number of phenolic OH excluding ortho intramolecular Hbond substituents is 1. The molecule has 88 valence electrons. The second-order valence-electron chi connectivity index (χ2n) is 4.69. The Kier molecular flexibility index (Phi) is 3.42. The Morgan fingerprint density at radius 3 is 2.50 bits per heavy atom. The summed E-state index contributed by atoms with van der Waals surface area (Å²) in [4.78, 5) is 12.2. The molecule has 0 radical (unpaired) electrons. The first-order chi connectivity index (χ1) is 7.30. The van der Waals surface area contributed by atoms with Crippen LogP contribution in [0.3, 0.4) is 0 Å². The predicted octanol–water partition coefficient (Wildman–Crippen LogP) is 1.34. The molecule has 0 spiro atoms. The fourth-order valence-corrected chi connectivity index (χ4v) is 1.41. The Labute approximate surface area is 95.1 Å². The molecule has 0 saturated carbocycles. The molecule has 0 fully saturated rings. The summed E-state index contributed by atoms with van der Waals surface area (Å²) in [7, 11) is 0. The van der Waals surface area contributed by atoms with Gasteiger partial charge >= 0.3 is 0 Å². The Morgan fingerprint density at radius 1 is 1.44 bits per heavy atom. The summed E-state index contributed by atoms with van der Waals surface area (Å²) in [6.07, 6.45) is -1.21. The molecule has 0 heterocycles. The Bertz CT molecular complexity index is 382. The third kappa shape index (κ3) is 3.15. The van der Waals surface area contributed by atoms with E-state index >= 15 is 0 Å². The first-order valence-corrected chi connectivity index (χ1v) is 5.07. The third-order valence-corrected chi connectivity index (χ3v) is 2.28. The maximum Gasteiger partial charge on any atom is 0.137 e. The van der Waals surface area contributed by atoms with E-state index in [2.05, 4.69) is 0 Å². The standard InChI is InChI=1S/C12H17NO3/c1-12(2,3)13(11(15)16)8-9-5-4-6-10(14)7-9/h4-7,14H,8H2,1-3H3,(H,15,16)/p-1. The summed E-state index contributed by atoms with van der Waals surface area (Å²) in [5, 5.41) is 20.3. The highest BCUT2D eigenvalue weighted by Gasteiger charge is 2.21. The van der Waals surface area contributed by atoms with Gasteiger partial charge in [-0.05, 0) is 38.5 Å². The molecule has 1 amide bonds. The van der Waals surface area contributed by atoms with Crippen LogP contribution in [-0.4, -0.2) is 21.6 Å². The number of carbonyl (C=O) groups is 1. The third-order valence-electron chi connectivity index (χ3n) is 2.28. The quantitative estimate of drug-likeness (QED) is 0.821. The number of aromatic hydroxyl groups is 1. The van der Waals surface area contributed by atoms with E-state index in [1.165, 1.54) is 4.90 Å². The molecule has 16 heavy (non-hydrogen) atoms. The molecule has 0 atom stereocenters.